The van der Waals surface area contributed by atoms with E-state index in [4.69, 9.17) is 5.73 Å². The first-order valence-corrected chi connectivity index (χ1v) is 6.44. The number of hydrogen-bond donors (Lipinski definition) is 2. The van der Waals surface area contributed by atoms with Gasteiger partial charge in [0, 0.05) is 18.8 Å². The number of rotatable bonds is 3. The van der Waals surface area contributed by atoms with Crippen molar-refractivity contribution in [2.75, 3.05) is 25.4 Å². The number of piperidine rings is 1. The molecule has 1 fully saturated rings. The van der Waals surface area contributed by atoms with Gasteiger partial charge in [-0.2, -0.15) is 0 Å². The topological polar surface area (TPSA) is 71.2 Å². The summed E-state index contributed by atoms with van der Waals surface area (Å²) in [5, 5.41) is 3.04. The van der Waals surface area contributed by atoms with Gasteiger partial charge in [0.05, 0.1) is 5.56 Å². The fraction of sp³-hybridized carbons (Fsp3) is 0.538. The molecule has 2 rings (SSSR count). The molecule has 5 nitrogen and oxygen atoms in total. The highest BCUT2D eigenvalue weighted by atomic mass is 16.1. The Morgan fingerprint density at radius 1 is 1.67 bits per heavy atom. The molecule has 1 aromatic rings. The smallest absolute Gasteiger partial charge is 0.255 e. The molecule has 1 saturated heterocycles. The second-order valence-electron chi connectivity index (χ2n) is 4.64. The van der Waals surface area contributed by atoms with Crippen LogP contribution in [0.3, 0.4) is 0 Å². The maximum atomic E-state index is 12.1. The zero-order chi connectivity index (χ0) is 13.0. The van der Waals surface area contributed by atoms with E-state index in [9.17, 15) is 4.79 Å². The van der Waals surface area contributed by atoms with Gasteiger partial charge in [-0.1, -0.05) is 6.92 Å². The molecule has 1 atom stereocenters. The lowest BCUT2D eigenvalue weighted by atomic mass is 10.1. The highest BCUT2D eigenvalue weighted by Gasteiger charge is 2.21. The van der Waals surface area contributed by atoms with Crippen molar-refractivity contribution in [3.05, 3.63) is 23.9 Å². The predicted octanol–water partition coefficient (Wildman–Crippen LogP) is 0.878. The van der Waals surface area contributed by atoms with E-state index in [1.807, 2.05) is 0 Å². The minimum atomic E-state index is -0.122. The molecule has 1 unspecified atom stereocenters. The zero-order valence-electron chi connectivity index (χ0n) is 10.7. The monoisotopic (exact) mass is 248 g/mol. The van der Waals surface area contributed by atoms with Crippen molar-refractivity contribution in [1.29, 1.82) is 0 Å². The van der Waals surface area contributed by atoms with E-state index in [0.29, 0.717) is 5.56 Å². The van der Waals surface area contributed by atoms with Gasteiger partial charge >= 0.3 is 0 Å². The quantitative estimate of drug-likeness (QED) is 0.833. The second kappa shape index (κ2) is 5.82. The Balaban J connectivity index is 1.97. The molecule has 0 aromatic carbocycles. The maximum absolute atomic E-state index is 12.1. The molecular weight excluding hydrogens is 228 g/mol. The minimum absolute atomic E-state index is 0.122. The number of likely N-dealkylation sites (N-methyl/N-ethyl adjacent to an activating group) is 1. The Bertz CT molecular complexity index is 421. The van der Waals surface area contributed by atoms with Crippen LogP contribution in [0.15, 0.2) is 18.3 Å². The first kappa shape index (κ1) is 12.8. The van der Waals surface area contributed by atoms with Gasteiger partial charge in [0.2, 0.25) is 0 Å². The van der Waals surface area contributed by atoms with Crippen LogP contribution >= 0.6 is 0 Å². The lowest BCUT2D eigenvalue weighted by Crippen LogP contribution is -2.47. The van der Waals surface area contributed by atoms with Crippen LogP contribution in [0, 0.1) is 0 Å². The van der Waals surface area contributed by atoms with Crippen LogP contribution in [0.2, 0.25) is 0 Å². The summed E-state index contributed by atoms with van der Waals surface area (Å²) < 4.78 is 0. The van der Waals surface area contributed by atoms with Crippen LogP contribution in [-0.4, -0.2) is 41.5 Å². The first-order chi connectivity index (χ1) is 8.70. The summed E-state index contributed by atoms with van der Waals surface area (Å²) in [5.41, 5.74) is 6.16. The predicted molar refractivity (Wildman–Crippen MR) is 71.3 cm³/mol. The van der Waals surface area contributed by atoms with Crippen molar-refractivity contribution in [1.82, 2.24) is 15.2 Å². The summed E-state index contributed by atoms with van der Waals surface area (Å²) in [4.78, 5) is 18.4. The third-order valence-corrected chi connectivity index (χ3v) is 3.37. The molecule has 98 valence electrons. The third kappa shape index (κ3) is 2.98. The van der Waals surface area contributed by atoms with Crippen molar-refractivity contribution >= 4 is 11.7 Å². The van der Waals surface area contributed by atoms with Gasteiger partial charge in [-0.25, -0.2) is 4.98 Å². The number of hydrogen-bond acceptors (Lipinski definition) is 4. The second-order valence-corrected chi connectivity index (χ2v) is 4.64. The highest BCUT2D eigenvalue weighted by molar-refractivity contribution is 5.98. The number of aromatic nitrogens is 1. The summed E-state index contributed by atoms with van der Waals surface area (Å²) >= 11 is 0. The Kier molecular flexibility index (Phi) is 4.15. The molecule has 1 aliphatic heterocycles. The molecule has 0 radical (unpaired) electrons. The Hall–Kier alpha value is -1.62. The number of nitrogen functional groups attached to an aromatic ring is 1. The summed E-state index contributed by atoms with van der Waals surface area (Å²) in [6.07, 6.45) is 3.75. The molecule has 1 aromatic heterocycles. The fourth-order valence-corrected chi connectivity index (χ4v) is 2.33. The lowest BCUT2D eigenvalue weighted by molar-refractivity contribution is 0.0906. The summed E-state index contributed by atoms with van der Waals surface area (Å²) in [6.45, 7) is 5.21. The Labute approximate surface area is 107 Å². The molecule has 0 saturated carbocycles. The highest BCUT2D eigenvalue weighted by Crippen LogP contribution is 2.12. The van der Waals surface area contributed by atoms with Gasteiger partial charge in [0.25, 0.3) is 5.91 Å². The van der Waals surface area contributed by atoms with E-state index >= 15 is 0 Å². The number of pyridine rings is 1. The van der Waals surface area contributed by atoms with Gasteiger partial charge < -0.3 is 16.0 Å². The SMILES string of the molecule is CCN1CCCC(NC(=O)c2cccnc2N)C1. The number of anilines is 1. The van der Waals surface area contributed by atoms with Gasteiger partial charge in [0.15, 0.2) is 0 Å². The van der Waals surface area contributed by atoms with E-state index < -0.39 is 0 Å². The number of amides is 1. The molecule has 3 N–H and O–H groups in total. The lowest BCUT2D eigenvalue weighted by Gasteiger charge is -2.32. The zero-order valence-corrected chi connectivity index (χ0v) is 10.7. The van der Waals surface area contributed by atoms with Crippen LogP contribution in [-0.2, 0) is 0 Å². The largest absolute Gasteiger partial charge is 0.383 e. The van der Waals surface area contributed by atoms with E-state index in [2.05, 4.69) is 22.1 Å². The molecule has 18 heavy (non-hydrogen) atoms. The molecule has 2 heterocycles. The van der Waals surface area contributed by atoms with Crippen LogP contribution < -0.4 is 11.1 Å². The molecule has 1 amide bonds. The number of carbonyl (C=O) groups excluding carboxylic acids is 1. The van der Waals surface area contributed by atoms with Gasteiger partial charge in [0.1, 0.15) is 5.82 Å². The average Bonchev–Trinajstić information content (AvgIpc) is 2.39. The van der Waals surface area contributed by atoms with Crippen molar-refractivity contribution < 1.29 is 4.79 Å². The number of nitrogens with one attached hydrogen (secondary N) is 1. The normalized spacial score (nSPS) is 20.6. The summed E-state index contributed by atoms with van der Waals surface area (Å²) in [7, 11) is 0. The number of likely N-dealkylation sites (tertiary alicyclic amines) is 1. The van der Waals surface area contributed by atoms with Gasteiger partial charge in [-0.15, -0.1) is 0 Å². The molecular formula is C13H20N4O. The molecule has 0 aliphatic carbocycles. The van der Waals surface area contributed by atoms with E-state index in [1.54, 1.807) is 18.3 Å². The van der Waals surface area contributed by atoms with Crippen LogP contribution in [0.5, 0.6) is 0 Å². The van der Waals surface area contributed by atoms with E-state index in [1.165, 1.54) is 0 Å². The summed E-state index contributed by atoms with van der Waals surface area (Å²) in [6, 6.07) is 3.65. The fourth-order valence-electron chi connectivity index (χ4n) is 2.33. The number of nitrogens with zero attached hydrogens (tertiary/aromatic N) is 2. The van der Waals surface area contributed by atoms with E-state index in [0.717, 1.165) is 32.5 Å². The average molecular weight is 248 g/mol. The Morgan fingerprint density at radius 3 is 3.22 bits per heavy atom. The molecule has 0 bridgehead atoms. The Morgan fingerprint density at radius 2 is 2.50 bits per heavy atom. The van der Waals surface area contributed by atoms with Crippen molar-refractivity contribution in [3.8, 4) is 0 Å². The number of nitrogens with two attached hydrogens (primary N) is 1. The molecule has 0 spiro atoms. The van der Waals surface area contributed by atoms with Crippen molar-refractivity contribution in [2.24, 2.45) is 0 Å². The van der Waals surface area contributed by atoms with E-state index in [-0.39, 0.29) is 17.8 Å². The van der Waals surface area contributed by atoms with Gasteiger partial charge in [-0.3, -0.25) is 4.79 Å². The standard InChI is InChI=1S/C13H20N4O/c1-2-17-8-4-5-10(9-17)16-13(18)11-6-3-7-15-12(11)14/h3,6-7,10H,2,4-5,8-9H2,1H3,(H2,14,15)(H,16,18). The summed E-state index contributed by atoms with van der Waals surface area (Å²) in [5.74, 6) is 0.168. The third-order valence-electron chi connectivity index (χ3n) is 3.37. The molecule has 1 aliphatic rings. The molecule has 5 heteroatoms. The van der Waals surface area contributed by atoms with Crippen molar-refractivity contribution in [2.45, 2.75) is 25.8 Å². The van der Waals surface area contributed by atoms with Gasteiger partial charge in [-0.05, 0) is 38.1 Å². The van der Waals surface area contributed by atoms with Crippen LogP contribution in [0.4, 0.5) is 5.82 Å². The first-order valence-electron chi connectivity index (χ1n) is 6.44. The maximum Gasteiger partial charge on any atom is 0.255 e. The number of carbonyl (C=O) groups is 1. The van der Waals surface area contributed by atoms with Crippen LogP contribution in [0.1, 0.15) is 30.1 Å². The van der Waals surface area contributed by atoms with Crippen LogP contribution in [0.25, 0.3) is 0 Å². The van der Waals surface area contributed by atoms with Crippen molar-refractivity contribution in [3.63, 3.8) is 0 Å². The minimum Gasteiger partial charge on any atom is -0.383 e.